The van der Waals surface area contributed by atoms with E-state index in [1.54, 1.807) is 11.6 Å². The summed E-state index contributed by atoms with van der Waals surface area (Å²) in [6, 6.07) is 5.73. The smallest absolute Gasteiger partial charge is 0.332 e. The standard InChI is InChI=1S/C17H19FN4O3/c1-4-5-10-22-13-14(20(2)17(24)21(3)15(13)23)19-16(22)25-12-8-6-11(18)7-9-12/h6-9H,4-5,10H2,1-3H3. The van der Waals surface area contributed by atoms with E-state index in [2.05, 4.69) is 4.98 Å². The molecule has 0 aliphatic carbocycles. The number of imidazole rings is 1. The number of halogens is 1. The summed E-state index contributed by atoms with van der Waals surface area (Å²) in [5.74, 6) is 0.0272. The first kappa shape index (κ1) is 16.9. The Bertz CT molecular complexity index is 1030. The van der Waals surface area contributed by atoms with Crippen LogP contribution in [0, 0.1) is 5.82 Å². The van der Waals surface area contributed by atoms with E-state index in [4.69, 9.17) is 4.74 Å². The summed E-state index contributed by atoms with van der Waals surface area (Å²) in [6.45, 7) is 2.56. The molecule has 8 heteroatoms. The van der Waals surface area contributed by atoms with Gasteiger partial charge in [-0.2, -0.15) is 4.98 Å². The van der Waals surface area contributed by atoms with Crippen LogP contribution in [-0.2, 0) is 20.6 Å². The van der Waals surface area contributed by atoms with E-state index < -0.39 is 11.2 Å². The molecule has 0 aliphatic heterocycles. The number of hydrogen-bond acceptors (Lipinski definition) is 4. The maximum Gasteiger partial charge on any atom is 0.332 e. The largest absolute Gasteiger partial charge is 0.425 e. The third-order valence-electron chi connectivity index (χ3n) is 4.07. The van der Waals surface area contributed by atoms with E-state index in [-0.39, 0.29) is 17.5 Å². The summed E-state index contributed by atoms with van der Waals surface area (Å²) in [7, 11) is 2.99. The van der Waals surface area contributed by atoms with Crippen molar-refractivity contribution in [3.63, 3.8) is 0 Å². The molecule has 0 bridgehead atoms. The van der Waals surface area contributed by atoms with Crippen LogP contribution in [0.1, 0.15) is 19.8 Å². The second-order valence-electron chi connectivity index (χ2n) is 5.83. The van der Waals surface area contributed by atoms with Crippen molar-refractivity contribution in [2.75, 3.05) is 0 Å². The van der Waals surface area contributed by atoms with Crippen molar-refractivity contribution in [1.82, 2.24) is 18.7 Å². The van der Waals surface area contributed by atoms with Gasteiger partial charge < -0.3 is 4.74 Å². The SMILES string of the molecule is CCCCn1c(Oc2ccc(F)cc2)nc2c1c(=O)n(C)c(=O)n2C. The van der Waals surface area contributed by atoms with Gasteiger partial charge in [0.2, 0.25) is 0 Å². The number of unbranched alkanes of at least 4 members (excludes halogenated alkanes) is 1. The molecule has 0 aliphatic rings. The van der Waals surface area contributed by atoms with Crippen molar-refractivity contribution in [2.24, 2.45) is 14.1 Å². The summed E-state index contributed by atoms with van der Waals surface area (Å²) in [6.07, 6.45) is 1.74. The molecule has 0 N–H and O–H groups in total. The molecule has 1 aromatic carbocycles. The number of benzene rings is 1. The zero-order chi connectivity index (χ0) is 18.1. The molecular weight excluding hydrogens is 327 g/mol. The molecule has 2 heterocycles. The average molecular weight is 346 g/mol. The van der Waals surface area contributed by atoms with Gasteiger partial charge in [-0.25, -0.2) is 9.18 Å². The van der Waals surface area contributed by atoms with Crippen molar-refractivity contribution < 1.29 is 9.13 Å². The molecule has 0 saturated carbocycles. The Hall–Kier alpha value is -2.90. The van der Waals surface area contributed by atoms with Crippen LogP contribution < -0.4 is 16.0 Å². The van der Waals surface area contributed by atoms with Gasteiger partial charge in [0.15, 0.2) is 11.2 Å². The molecule has 0 saturated heterocycles. The van der Waals surface area contributed by atoms with Crippen molar-refractivity contribution in [3.8, 4) is 11.8 Å². The fourth-order valence-electron chi connectivity index (χ4n) is 2.64. The van der Waals surface area contributed by atoms with Crippen LogP contribution >= 0.6 is 0 Å². The van der Waals surface area contributed by atoms with Gasteiger partial charge >= 0.3 is 11.7 Å². The summed E-state index contributed by atoms with van der Waals surface area (Å²) >= 11 is 0. The van der Waals surface area contributed by atoms with Gasteiger partial charge in [0.05, 0.1) is 0 Å². The number of aromatic nitrogens is 4. The monoisotopic (exact) mass is 346 g/mol. The Morgan fingerprint density at radius 3 is 2.44 bits per heavy atom. The molecule has 0 amide bonds. The van der Waals surface area contributed by atoms with E-state index >= 15 is 0 Å². The number of ether oxygens (including phenoxy) is 1. The Morgan fingerprint density at radius 2 is 1.80 bits per heavy atom. The Balaban J connectivity index is 2.21. The summed E-state index contributed by atoms with van der Waals surface area (Å²) < 4.78 is 22.9. The highest BCUT2D eigenvalue weighted by Gasteiger charge is 2.20. The highest BCUT2D eigenvalue weighted by atomic mass is 19.1. The molecule has 0 spiro atoms. The van der Waals surface area contributed by atoms with Crippen LogP contribution in [0.5, 0.6) is 11.8 Å². The van der Waals surface area contributed by atoms with E-state index in [1.165, 1.54) is 35.9 Å². The predicted molar refractivity (Wildman–Crippen MR) is 91.6 cm³/mol. The highest BCUT2D eigenvalue weighted by Crippen LogP contribution is 2.24. The van der Waals surface area contributed by atoms with E-state index in [9.17, 15) is 14.0 Å². The second kappa shape index (κ2) is 6.54. The Morgan fingerprint density at radius 1 is 1.12 bits per heavy atom. The number of hydrogen-bond donors (Lipinski definition) is 0. The first-order chi connectivity index (χ1) is 11.9. The van der Waals surface area contributed by atoms with Gasteiger partial charge in [0.25, 0.3) is 5.56 Å². The van der Waals surface area contributed by atoms with Crippen molar-refractivity contribution in [3.05, 3.63) is 50.9 Å². The molecule has 3 aromatic rings. The minimum atomic E-state index is -0.453. The number of fused-ring (bicyclic) bond motifs is 1. The fourth-order valence-corrected chi connectivity index (χ4v) is 2.64. The lowest BCUT2D eigenvalue weighted by atomic mass is 10.3. The predicted octanol–water partition coefficient (Wildman–Crippen LogP) is 2.17. The Labute approximate surface area is 142 Å². The molecule has 7 nitrogen and oxygen atoms in total. The van der Waals surface area contributed by atoms with E-state index in [0.717, 1.165) is 17.4 Å². The van der Waals surface area contributed by atoms with Crippen LogP contribution in [0.15, 0.2) is 33.9 Å². The van der Waals surface area contributed by atoms with Crippen LogP contribution in [0.3, 0.4) is 0 Å². The molecule has 3 rings (SSSR count). The Kier molecular flexibility index (Phi) is 4.43. The lowest BCUT2D eigenvalue weighted by Crippen LogP contribution is -2.37. The van der Waals surface area contributed by atoms with Gasteiger partial charge in [-0.05, 0) is 30.7 Å². The third kappa shape index (κ3) is 2.95. The first-order valence-electron chi connectivity index (χ1n) is 8.03. The van der Waals surface area contributed by atoms with Gasteiger partial charge in [0.1, 0.15) is 11.6 Å². The van der Waals surface area contributed by atoms with Crippen LogP contribution in [0.2, 0.25) is 0 Å². The van der Waals surface area contributed by atoms with Crippen LogP contribution in [0.4, 0.5) is 4.39 Å². The van der Waals surface area contributed by atoms with Crippen LogP contribution in [-0.4, -0.2) is 18.7 Å². The van der Waals surface area contributed by atoms with Crippen LogP contribution in [0.25, 0.3) is 11.2 Å². The second-order valence-corrected chi connectivity index (χ2v) is 5.83. The third-order valence-corrected chi connectivity index (χ3v) is 4.07. The topological polar surface area (TPSA) is 71.1 Å². The quantitative estimate of drug-likeness (QED) is 0.710. The molecule has 0 atom stereocenters. The summed E-state index contributed by atoms with van der Waals surface area (Å²) in [5, 5.41) is 0. The lowest BCUT2D eigenvalue weighted by molar-refractivity contribution is 0.410. The molecule has 0 unspecified atom stereocenters. The molecule has 25 heavy (non-hydrogen) atoms. The van der Waals surface area contributed by atoms with E-state index in [0.29, 0.717) is 17.8 Å². The van der Waals surface area contributed by atoms with Crippen molar-refractivity contribution >= 4 is 11.2 Å². The maximum absolute atomic E-state index is 13.1. The van der Waals surface area contributed by atoms with E-state index in [1.807, 2.05) is 6.92 Å². The van der Waals surface area contributed by atoms with Gasteiger partial charge in [-0.1, -0.05) is 13.3 Å². The highest BCUT2D eigenvalue weighted by molar-refractivity contribution is 5.72. The fraction of sp³-hybridized carbons (Fsp3) is 0.353. The number of nitrogens with zero attached hydrogens (tertiary/aromatic N) is 4. The molecule has 0 radical (unpaired) electrons. The normalized spacial score (nSPS) is 11.2. The molecule has 0 fully saturated rings. The summed E-state index contributed by atoms with van der Waals surface area (Å²) in [5.41, 5.74) is -0.293. The lowest BCUT2D eigenvalue weighted by Gasteiger charge is -2.09. The molecular formula is C17H19FN4O3. The van der Waals surface area contributed by atoms with Gasteiger partial charge in [-0.15, -0.1) is 0 Å². The first-order valence-corrected chi connectivity index (χ1v) is 8.03. The minimum absolute atomic E-state index is 0.202. The zero-order valence-electron chi connectivity index (χ0n) is 14.3. The molecule has 132 valence electrons. The number of rotatable bonds is 5. The maximum atomic E-state index is 13.1. The zero-order valence-corrected chi connectivity index (χ0v) is 14.3. The summed E-state index contributed by atoms with van der Waals surface area (Å²) in [4.78, 5) is 29.0. The van der Waals surface area contributed by atoms with Crippen molar-refractivity contribution in [2.45, 2.75) is 26.3 Å². The van der Waals surface area contributed by atoms with Crippen molar-refractivity contribution in [1.29, 1.82) is 0 Å². The number of aryl methyl sites for hydroxylation is 2. The van der Waals surface area contributed by atoms with Gasteiger partial charge in [0, 0.05) is 20.6 Å². The molecule has 2 aromatic heterocycles. The minimum Gasteiger partial charge on any atom is -0.425 e. The van der Waals surface area contributed by atoms with Gasteiger partial charge in [-0.3, -0.25) is 18.5 Å². The average Bonchev–Trinajstić information content (AvgIpc) is 2.96.